The standard InChI is InChI=1S/C22H26N6O3/c1-5-14(4)24-18(29)10-28-16-8-7-13(3)9-15(16)20-21(28)22(30)27(12-23-20)11-19-25-17(6-2)26-31-19/h7-9,12,14H,5-6,10-11H2,1-4H3,(H,24,29). The summed E-state index contributed by atoms with van der Waals surface area (Å²) in [5.41, 5.74) is 2.56. The normalized spacial score (nSPS) is 12.5. The average molecular weight is 422 g/mol. The van der Waals surface area contributed by atoms with Crippen molar-refractivity contribution in [3.8, 4) is 0 Å². The summed E-state index contributed by atoms with van der Waals surface area (Å²) in [4.78, 5) is 34.9. The van der Waals surface area contributed by atoms with Crippen LogP contribution in [0.4, 0.5) is 0 Å². The van der Waals surface area contributed by atoms with Gasteiger partial charge in [0.2, 0.25) is 11.8 Å². The number of amides is 1. The molecule has 0 aliphatic carbocycles. The Hall–Kier alpha value is -3.49. The van der Waals surface area contributed by atoms with Crippen LogP contribution in [0.15, 0.2) is 33.8 Å². The second-order valence-electron chi connectivity index (χ2n) is 7.82. The molecule has 0 aliphatic rings. The first-order valence-corrected chi connectivity index (χ1v) is 10.5. The highest BCUT2D eigenvalue weighted by atomic mass is 16.5. The lowest BCUT2D eigenvalue weighted by molar-refractivity contribution is -0.122. The van der Waals surface area contributed by atoms with E-state index in [4.69, 9.17) is 4.52 Å². The molecular weight excluding hydrogens is 396 g/mol. The third kappa shape index (κ3) is 3.95. The van der Waals surface area contributed by atoms with Crippen molar-refractivity contribution in [3.63, 3.8) is 0 Å². The first kappa shape index (κ1) is 20.8. The molecule has 1 atom stereocenters. The molecule has 0 radical (unpaired) electrons. The molecule has 0 fully saturated rings. The molecular formula is C22H26N6O3. The maximum atomic E-state index is 13.4. The fourth-order valence-electron chi connectivity index (χ4n) is 3.60. The average Bonchev–Trinajstić information content (AvgIpc) is 3.32. The van der Waals surface area contributed by atoms with Gasteiger partial charge in [-0.05, 0) is 32.4 Å². The SMILES string of the molecule is CCc1noc(Cn2cnc3c4cc(C)ccc4n(CC(=O)NC(C)CC)c3c2=O)n1. The second-order valence-corrected chi connectivity index (χ2v) is 7.82. The van der Waals surface area contributed by atoms with Crippen LogP contribution >= 0.6 is 0 Å². The van der Waals surface area contributed by atoms with Crippen molar-refractivity contribution in [2.45, 2.75) is 59.7 Å². The van der Waals surface area contributed by atoms with Gasteiger partial charge in [0.25, 0.3) is 5.56 Å². The van der Waals surface area contributed by atoms with Gasteiger partial charge >= 0.3 is 0 Å². The lowest BCUT2D eigenvalue weighted by Crippen LogP contribution is -2.35. The minimum atomic E-state index is -0.258. The van der Waals surface area contributed by atoms with Crippen LogP contribution < -0.4 is 10.9 Å². The maximum Gasteiger partial charge on any atom is 0.278 e. The lowest BCUT2D eigenvalue weighted by atomic mass is 10.1. The molecule has 3 aromatic heterocycles. The molecule has 1 aromatic carbocycles. The molecule has 4 rings (SSSR count). The maximum absolute atomic E-state index is 13.4. The van der Waals surface area contributed by atoms with Crippen molar-refractivity contribution in [1.29, 1.82) is 0 Å². The number of aromatic nitrogens is 5. The summed E-state index contributed by atoms with van der Waals surface area (Å²) in [5.74, 6) is 0.782. The zero-order valence-electron chi connectivity index (χ0n) is 18.2. The Kier molecular flexibility index (Phi) is 5.58. The van der Waals surface area contributed by atoms with E-state index < -0.39 is 0 Å². The molecule has 0 aliphatic heterocycles. The highest BCUT2D eigenvalue weighted by Crippen LogP contribution is 2.26. The smallest absolute Gasteiger partial charge is 0.278 e. The highest BCUT2D eigenvalue weighted by molar-refractivity contribution is 6.06. The highest BCUT2D eigenvalue weighted by Gasteiger charge is 2.20. The first-order valence-electron chi connectivity index (χ1n) is 10.5. The third-order valence-corrected chi connectivity index (χ3v) is 5.44. The van der Waals surface area contributed by atoms with Gasteiger partial charge in [-0.3, -0.25) is 14.2 Å². The molecule has 0 bridgehead atoms. The summed E-state index contributed by atoms with van der Waals surface area (Å²) in [6.45, 7) is 8.04. The lowest BCUT2D eigenvalue weighted by Gasteiger charge is -2.13. The zero-order valence-corrected chi connectivity index (χ0v) is 18.2. The van der Waals surface area contributed by atoms with Gasteiger partial charge in [0.1, 0.15) is 24.1 Å². The number of hydrogen-bond donors (Lipinski definition) is 1. The molecule has 1 unspecified atom stereocenters. The Morgan fingerprint density at radius 3 is 2.81 bits per heavy atom. The summed E-state index contributed by atoms with van der Waals surface area (Å²) < 4.78 is 8.42. The molecule has 0 saturated heterocycles. The number of aryl methyl sites for hydroxylation is 2. The third-order valence-electron chi connectivity index (χ3n) is 5.44. The number of carbonyl (C=O) groups is 1. The summed E-state index contributed by atoms with van der Waals surface area (Å²) in [6.07, 6.45) is 2.97. The summed E-state index contributed by atoms with van der Waals surface area (Å²) in [7, 11) is 0. The molecule has 162 valence electrons. The number of benzene rings is 1. The van der Waals surface area contributed by atoms with Gasteiger partial charge in [-0.2, -0.15) is 4.98 Å². The van der Waals surface area contributed by atoms with Gasteiger partial charge < -0.3 is 14.4 Å². The fourth-order valence-corrected chi connectivity index (χ4v) is 3.60. The van der Waals surface area contributed by atoms with Crippen molar-refractivity contribution >= 4 is 27.8 Å². The van der Waals surface area contributed by atoms with Crippen molar-refractivity contribution in [2.75, 3.05) is 0 Å². The Balaban J connectivity index is 1.84. The molecule has 31 heavy (non-hydrogen) atoms. The topological polar surface area (TPSA) is 108 Å². The van der Waals surface area contributed by atoms with Crippen LogP contribution in [0.2, 0.25) is 0 Å². The van der Waals surface area contributed by atoms with Crippen LogP contribution in [0.25, 0.3) is 21.9 Å². The Bertz CT molecular complexity index is 1320. The molecule has 1 amide bonds. The zero-order chi connectivity index (χ0) is 22.1. The van der Waals surface area contributed by atoms with Crippen LogP contribution in [-0.4, -0.2) is 36.2 Å². The van der Waals surface area contributed by atoms with Gasteiger partial charge in [-0.25, -0.2) is 4.98 Å². The molecule has 0 spiro atoms. The Labute approximate surface area is 179 Å². The van der Waals surface area contributed by atoms with E-state index in [1.165, 1.54) is 10.9 Å². The molecule has 1 N–H and O–H groups in total. The van der Waals surface area contributed by atoms with E-state index in [-0.39, 0.29) is 30.6 Å². The monoisotopic (exact) mass is 422 g/mol. The number of hydrogen-bond acceptors (Lipinski definition) is 6. The fraction of sp³-hybridized carbons (Fsp3) is 0.409. The summed E-state index contributed by atoms with van der Waals surface area (Å²) in [6, 6.07) is 5.94. The molecule has 4 aromatic rings. The number of carbonyl (C=O) groups excluding carboxylic acids is 1. The largest absolute Gasteiger partial charge is 0.352 e. The van der Waals surface area contributed by atoms with Crippen LogP contribution in [0.5, 0.6) is 0 Å². The van der Waals surface area contributed by atoms with Gasteiger partial charge in [0.05, 0.1) is 11.8 Å². The van der Waals surface area contributed by atoms with Crippen molar-refractivity contribution in [2.24, 2.45) is 0 Å². The summed E-state index contributed by atoms with van der Waals surface area (Å²) in [5, 5.41) is 7.70. The molecule has 9 nitrogen and oxygen atoms in total. The predicted molar refractivity (Wildman–Crippen MR) is 117 cm³/mol. The van der Waals surface area contributed by atoms with E-state index in [2.05, 4.69) is 20.4 Å². The predicted octanol–water partition coefficient (Wildman–Crippen LogP) is 2.57. The van der Waals surface area contributed by atoms with E-state index in [1.807, 2.05) is 45.9 Å². The van der Waals surface area contributed by atoms with Crippen molar-refractivity contribution < 1.29 is 9.32 Å². The van der Waals surface area contributed by atoms with E-state index >= 15 is 0 Å². The quantitative estimate of drug-likeness (QED) is 0.490. The van der Waals surface area contributed by atoms with Crippen LogP contribution in [0, 0.1) is 6.92 Å². The number of fused-ring (bicyclic) bond motifs is 3. The van der Waals surface area contributed by atoms with Gasteiger partial charge in [-0.1, -0.05) is 30.6 Å². The molecule has 3 heterocycles. The van der Waals surface area contributed by atoms with E-state index in [1.54, 1.807) is 4.57 Å². The summed E-state index contributed by atoms with van der Waals surface area (Å²) >= 11 is 0. The van der Waals surface area contributed by atoms with Crippen LogP contribution in [0.1, 0.15) is 44.5 Å². The van der Waals surface area contributed by atoms with Gasteiger partial charge in [0.15, 0.2) is 5.82 Å². The first-order chi connectivity index (χ1) is 14.9. The Morgan fingerprint density at radius 1 is 1.29 bits per heavy atom. The van der Waals surface area contributed by atoms with Crippen molar-refractivity contribution in [3.05, 3.63) is 52.2 Å². The van der Waals surface area contributed by atoms with Crippen molar-refractivity contribution in [1.82, 2.24) is 29.6 Å². The van der Waals surface area contributed by atoms with E-state index in [0.29, 0.717) is 29.2 Å². The van der Waals surface area contributed by atoms with Crippen LogP contribution in [0.3, 0.4) is 0 Å². The number of nitrogens with zero attached hydrogens (tertiary/aromatic N) is 5. The van der Waals surface area contributed by atoms with Gasteiger partial charge in [-0.15, -0.1) is 0 Å². The number of nitrogens with one attached hydrogen (secondary N) is 1. The van der Waals surface area contributed by atoms with Crippen LogP contribution in [-0.2, 0) is 24.3 Å². The minimum Gasteiger partial charge on any atom is -0.352 e. The molecule has 0 saturated carbocycles. The van der Waals surface area contributed by atoms with E-state index in [0.717, 1.165) is 22.9 Å². The molecule has 9 heteroatoms. The Morgan fingerprint density at radius 2 is 2.10 bits per heavy atom. The van der Waals surface area contributed by atoms with Gasteiger partial charge in [0, 0.05) is 17.8 Å². The second kappa shape index (κ2) is 8.33. The van der Waals surface area contributed by atoms with E-state index in [9.17, 15) is 9.59 Å². The minimum absolute atomic E-state index is 0.0366. The number of rotatable bonds is 7.